The van der Waals surface area contributed by atoms with Crippen molar-refractivity contribution in [2.45, 2.75) is 32.8 Å². The van der Waals surface area contributed by atoms with Crippen LogP contribution in [-0.4, -0.2) is 10.1 Å². The van der Waals surface area contributed by atoms with Gasteiger partial charge in [0, 0.05) is 16.7 Å². The van der Waals surface area contributed by atoms with E-state index in [1.54, 1.807) is 12.1 Å². The van der Waals surface area contributed by atoms with Gasteiger partial charge in [-0.25, -0.2) is 4.98 Å². The highest BCUT2D eigenvalue weighted by Crippen LogP contribution is 2.32. The van der Waals surface area contributed by atoms with Crippen molar-refractivity contribution in [2.75, 3.05) is 5.73 Å². The number of hydrogen-bond acceptors (Lipinski definition) is 5. The number of nitrogens with zero attached hydrogens (tertiary/aromatic N) is 2. The second-order valence-electron chi connectivity index (χ2n) is 5.60. The molecule has 0 saturated heterocycles. The first-order valence-corrected chi connectivity index (χ1v) is 6.28. The number of furan rings is 1. The maximum atomic E-state index is 9.26. The fourth-order valence-electron chi connectivity index (χ4n) is 1.87. The van der Waals surface area contributed by atoms with Crippen LogP contribution in [0.5, 0.6) is 0 Å². The Hall–Kier alpha value is -2.32. The standard InChI is InChI=1S/C15H17N3O2/c1-15(2,3)13-6-10(11(7-16)14(17)18-13)12-5-4-9(8-19)20-12/h4-6,19H,8H2,1-3H3,(H2,17,18). The molecule has 0 aliphatic carbocycles. The fraction of sp³-hybridized carbons (Fsp3) is 0.333. The molecule has 2 heterocycles. The van der Waals surface area contributed by atoms with Gasteiger partial charge < -0.3 is 15.3 Å². The lowest BCUT2D eigenvalue weighted by Gasteiger charge is -2.19. The predicted molar refractivity (Wildman–Crippen MR) is 75.7 cm³/mol. The Morgan fingerprint density at radius 3 is 2.60 bits per heavy atom. The number of aliphatic hydroxyl groups is 1. The molecule has 0 unspecified atom stereocenters. The van der Waals surface area contributed by atoms with Crippen molar-refractivity contribution in [3.8, 4) is 17.4 Å². The van der Waals surface area contributed by atoms with Crippen molar-refractivity contribution in [1.29, 1.82) is 5.26 Å². The van der Waals surface area contributed by atoms with Gasteiger partial charge in [0.15, 0.2) is 0 Å². The zero-order chi connectivity index (χ0) is 14.9. The van der Waals surface area contributed by atoms with E-state index in [9.17, 15) is 5.26 Å². The number of anilines is 1. The molecular weight excluding hydrogens is 254 g/mol. The normalized spacial score (nSPS) is 11.3. The van der Waals surface area contributed by atoms with Crippen LogP contribution < -0.4 is 5.73 Å². The fourth-order valence-corrected chi connectivity index (χ4v) is 1.87. The van der Waals surface area contributed by atoms with Crippen molar-refractivity contribution < 1.29 is 9.52 Å². The molecule has 0 atom stereocenters. The summed E-state index contributed by atoms with van der Waals surface area (Å²) in [5, 5.41) is 18.3. The van der Waals surface area contributed by atoms with Crippen LogP contribution in [0.25, 0.3) is 11.3 Å². The summed E-state index contributed by atoms with van der Waals surface area (Å²) < 4.78 is 5.50. The molecule has 5 heteroatoms. The maximum Gasteiger partial charge on any atom is 0.142 e. The van der Waals surface area contributed by atoms with Gasteiger partial charge in [0.2, 0.25) is 0 Å². The average molecular weight is 271 g/mol. The molecule has 0 aliphatic rings. The maximum absolute atomic E-state index is 9.26. The molecule has 104 valence electrons. The minimum atomic E-state index is -0.191. The molecule has 0 amide bonds. The van der Waals surface area contributed by atoms with Crippen LogP contribution in [0.2, 0.25) is 0 Å². The highest BCUT2D eigenvalue weighted by molar-refractivity contribution is 5.73. The van der Waals surface area contributed by atoms with Gasteiger partial charge in [-0.3, -0.25) is 0 Å². The zero-order valence-electron chi connectivity index (χ0n) is 11.8. The van der Waals surface area contributed by atoms with E-state index < -0.39 is 0 Å². The van der Waals surface area contributed by atoms with Crippen molar-refractivity contribution >= 4 is 5.82 Å². The van der Waals surface area contributed by atoms with Gasteiger partial charge in [-0.1, -0.05) is 20.8 Å². The summed E-state index contributed by atoms with van der Waals surface area (Å²) >= 11 is 0. The number of nitrogens with two attached hydrogens (primary N) is 1. The number of aliphatic hydroxyl groups excluding tert-OH is 1. The molecule has 0 radical (unpaired) electrons. The average Bonchev–Trinajstić information content (AvgIpc) is 2.85. The molecule has 2 rings (SSSR count). The lowest BCUT2D eigenvalue weighted by molar-refractivity contribution is 0.248. The molecule has 0 saturated carbocycles. The molecule has 0 aliphatic heterocycles. The third-order valence-electron chi connectivity index (χ3n) is 3.01. The first-order chi connectivity index (χ1) is 9.36. The third kappa shape index (κ3) is 2.51. The summed E-state index contributed by atoms with van der Waals surface area (Å²) in [6, 6.07) is 7.26. The highest BCUT2D eigenvalue weighted by Gasteiger charge is 2.21. The van der Waals surface area contributed by atoms with Crippen LogP contribution in [0, 0.1) is 11.3 Å². The smallest absolute Gasteiger partial charge is 0.142 e. The van der Waals surface area contributed by atoms with Gasteiger partial charge in [0.05, 0.1) is 0 Å². The van der Waals surface area contributed by atoms with Crippen molar-refractivity contribution in [1.82, 2.24) is 4.98 Å². The Bertz CT molecular complexity index is 675. The number of nitriles is 1. The quantitative estimate of drug-likeness (QED) is 0.875. The van der Waals surface area contributed by atoms with Crippen LogP contribution in [0.4, 0.5) is 5.82 Å². The SMILES string of the molecule is CC(C)(C)c1cc(-c2ccc(CO)o2)c(C#N)c(N)n1. The lowest BCUT2D eigenvalue weighted by Crippen LogP contribution is -2.15. The second kappa shape index (κ2) is 4.99. The summed E-state index contributed by atoms with van der Waals surface area (Å²) in [6.45, 7) is 5.87. The number of hydrogen-bond donors (Lipinski definition) is 2. The summed E-state index contributed by atoms with van der Waals surface area (Å²) in [7, 11) is 0. The van der Waals surface area contributed by atoms with Crippen LogP contribution in [-0.2, 0) is 12.0 Å². The molecule has 5 nitrogen and oxygen atoms in total. The van der Waals surface area contributed by atoms with E-state index in [0.717, 1.165) is 5.69 Å². The lowest BCUT2D eigenvalue weighted by atomic mass is 9.89. The number of aromatic nitrogens is 1. The van der Waals surface area contributed by atoms with Crippen LogP contribution >= 0.6 is 0 Å². The Kier molecular flexibility index (Phi) is 3.51. The van der Waals surface area contributed by atoms with Crippen molar-refractivity contribution in [2.24, 2.45) is 0 Å². The Morgan fingerprint density at radius 1 is 1.40 bits per heavy atom. The predicted octanol–water partition coefficient (Wildman–Crippen LogP) is 2.59. The second-order valence-corrected chi connectivity index (χ2v) is 5.60. The molecule has 0 spiro atoms. The highest BCUT2D eigenvalue weighted by atomic mass is 16.4. The van der Waals surface area contributed by atoms with Crippen LogP contribution in [0.3, 0.4) is 0 Å². The van der Waals surface area contributed by atoms with E-state index in [-0.39, 0.29) is 23.4 Å². The van der Waals surface area contributed by atoms with E-state index >= 15 is 0 Å². The van der Waals surface area contributed by atoms with Gasteiger partial charge in [0.25, 0.3) is 0 Å². The van der Waals surface area contributed by atoms with Gasteiger partial charge in [-0.05, 0) is 18.2 Å². The van der Waals surface area contributed by atoms with Gasteiger partial charge >= 0.3 is 0 Å². The van der Waals surface area contributed by atoms with Crippen LogP contribution in [0.1, 0.15) is 37.8 Å². The minimum Gasteiger partial charge on any atom is -0.459 e. The van der Waals surface area contributed by atoms with E-state index in [0.29, 0.717) is 17.1 Å². The van der Waals surface area contributed by atoms with Crippen LogP contribution in [0.15, 0.2) is 22.6 Å². The summed E-state index contributed by atoms with van der Waals surface area (Å²) in [5.74, 6) is 1.14. The first-order valence-electron chi connectivity index (χ1n) is 6.28. The number of rotatable bonds is 2. The van der Waals surface area contributed by atoms with E-state index in [4.69, 9.17) is 15.3 Å². The zero-order valence-corrected chi connectivity index (χ0v) is 11.8. The van der Waals surface area contributed by atoms with Crippen molar-refractivity contribution in [3.63, 3.8) is 0 Å². The molecule has 3 N–H and O–H groups in total. The van der Waals surface area contributed by atoms with E-state index in [1.165, 1.54) is 0 Å². The molecule has 0 bridgehead atoms. The first kappa shape index (κ1) is 14.1. The van der Waals surface area contributed by atoms with Gasteiger partial charge in [0.1, 0.15) is 35.6 Å². The van der Waals surface area contributed by atoms with E-state index in [1.807, 2.05) is 26.8 Å². The monoisotopic (exact) mass is 271 g/mol. The Morgan fingerprint density at radius 2 is 2.10 bits per heavy atom. The molecule has 2 aromatic heterocycles. The topological polar surface area (TPSA) is 96.1 Å². The summed E-state index contributed by atoms with van der Waals surface area (Å²) in [4.78, 5) is 4.29. The third-order valence-corrected chi connectivity index (χ3v) is 3.01. The minimum absolute atomic E-state index is 0.186. The molecule has 0 fully saturated rings. The largest absolute Gasteiger partial charge is 0.459 e. The van der Waals surface area contributed by atoms with Crippen molar-refractivity contribution in [3.05, 3.63) is 35.2 Å². The molecular formula is C15H17N3O2. The summed E-state index contributed by atoms with van der Waals surface area (Å²) in [5.41, 5.74) is 7.36. The number of nitrogen functional groups attached to an aromatic ring is 1. The van der Waals surface area contributed by atoms with Gasteiger partial charge in [-0.2, -0.15) is 5.26 Å². The Balaban J connectivity index is 2.67. The Labute approximate surface area is 117 Å². The van der Waals surface area contributed by atoms with E-state index in [2.05, 4.69) is 11.1 Å². The molecule has 2 aromatic rings. The van der Waals surface area contributed by atoms with Gasteiger partial charge in [-0.15, -0.1) is 0 Å². The number of pyridine rings is 1. The molecule has 0 aromatic carbocycles. The molecule has 20 heavy (non-hydrogen) atoms. The summed E-state index contributed by atoms with van der Waals surface area (Å²) in [6.07, 6.45) is 0.